The molecule has 0 radical (unpaired) electrons. The van der Waals surface area contributed by atoms with Crippen LogP contribution in [0, 0.1) is 0 Å². The number of rotatable bonds is 3. The van der Waals surface area contributed by atoms with E-state index in [1.165, 1.54) is 11.3 Å². The molecule has 0 bridgehead atoms. The van der Waals surface area contributed by atoms with Gasteiger partial charge in [-0.15, -0.1) is 0 Å². The highest BCUT2D eigenvalue weighted by Crippen LogP contribution is 2.30. The summed E-state index contributed by atoms with van der Waals surface area (Å²) in [6.07, 6.45) is 0. The molecule has 1 saturated heterocycles. The predicted molar refractivity (Wildman–Crippen MR) is 90.0 cm³/mol. The number of aromatic nitrogens is 1. The van der Waals surface area contributed by atoms with Gasteiger partial charge in [-0.25, -0.2) is 4.98 Å². The van der Waals surface area contributed by atoms with E-state index >= 15 is 0 Å². The van der Waals surface area contributed by atoms with Crippen LogP contribution in [0.3, 0.4) is 0 Å². The molecule has 3 rings (SSSR count). The molecule has 1 aromatic heterocycles. The second-order valence-electron chi connectivity index (χ2n) is 5.32. The van der Waals surface area contributed by atoms with Crippen molar-refractivity contribution in [2.24, 2.45) is 0 Å². The maximum atomic E-state index is 12.8. The van der Waals surface area contributed by atoms with E-state index in [0.29, 0.717) is 15.7 Å². The van der Waals surface area contributed by atoms with E-state index in [-0.39, 0.29) is 5.91 Å². The van der Waals surface area contributed by atoms with Crippen LogP contribution in [0.25, 0.3) is 11.3 Å². The van der Waals surface area contributed by atoms with Crippen molar-refractivity contribution in [2.75, 3.05) is 38.5 Å². The number of carbonyl (C=O) groups is 1. The van der Waals surface area contributed by atoms with Crippen molar-refractivity contribution >= 4 is 22.4 Å². The van der Waals surface area contributed by atoms with E-state index < -0.39 is 0 Å². The number of anilines is 1. The van der Waals surface area contributed by atoms with E-state index in [2.05, 4.69) is 16.8 Å². The third-order valence-corrected chi connectivity index (χ3v) is 4.86. The number of thiazole rings is 1. The average Bonchev–Trinajstić information content (AvgIpc) is 2.97. The quantitative estimate of drug-likeness (QED) is 0.942. The van der Waals surface area contributed by atoms with E-state index in [9.17, 15) is 4.79 Å². The zero-order valence-electron chi connectivity index (χ0n) is 12.7. The van der Waals surface area contributed by atoms with Crippen LogP contribution >= 0.6 is 11.3 Å². The first-order valence-corrected chi connectivity index (χ1v) is 8.34. The predicted octanol–water partition coefficient (Wildman–Crippen LogP) is 2.17. The highest BCUT2D eigenvalue weighted by atomic mass is 32.1. The van der Waals surface area contributed by atoms with Crippen molar-refractivity contribution in [3.63, 3.8) is 0 Å². The summed E-state index contributed by atoms with van der Waals surface area (Å²) in [5.41, 5.74) is 7.49. The molecule has 0 spiro atoms. The van der Waals surface area contributed by atoms with Gasteiger partial charge in [0.05, 0.1) is 5.69 Å². The first-order chi connectivity index (χ1) is 10.7. The molecule has 1 aromatic carbocycles. The van der Waals surface area contributed by atoms with Gasteiger partial charge in [-0.1, -0.05) is 48.6 Å². The molecule has 2 heterocycles. The van der Waals surface area contributed by atoms with Gasteiger partial charge in [0.25, 0.3) is 5.91 Å². The molecule has 116 valence electrons. The molecule has 0 aliphatic carbocycles. The van der Waals surface area contributed by atoms with E-state index in [0.717, 1.165) is 38.3 Å². The Morgan fingerprint density at radius 1 is 1.23 bits per heavy atom. The first kappa shape index (κ1) is 15.0. The Bertz CT molecular complexity index is 647. The summed E-state index contributed by atoms with van der Waals surface area (Å²) in [7, 11) is 0. The fourth-order valence-corrected chi connectivity index (χ4v) is 3.51. The number of hydrogen-bond acceptors (Lipinski definition) is 5. The summed E-state index contributed by atoms with van der Waals surface area (Å²) >= 11 is 1.28. The molecule has 5 nitrogen and oxygen atoms in total. The highest BCUT2D eigenvalue weighted by Gasteiger charge is 2.26. The Kier molecular flexibility index (Phi) is 4.40. The number of likely N-dealkylation sites (N-methyl/N-ethyl adjacent to an activating group) is 1. The SMILES string of the molecule is CCN1CCN(C(=O)c2sc(N)nc2-c2ccccc2)CC1. The van der Waals surface area contributed by atoms with Crippen LogP contribution in [0.5, 0.6) is 0 Å². The fraction of sp³-hybridized carbons (Fsp3) is 0.375. The smallest absolute Gasteiger partial charge is 0.266 e. The monoisotopic (exact) mass is 316 g/mol. The molecule has 2 N–H and O–H groups in total. The minimum Gasteiger partial charge on any atom is -0.375 e. The third kappa shape index (κ3) is 2.98. The number of nitrogen functional groups attached to an aromatic ring is 1. The molecule has 0 saturated carbocycles. The number of amides is 1. The Hall–Kier alpha value is -1.92. The van der Waals surface area contributed by atoms with Crippen LogP contribution in [0.1, 0.15) is 16.6 Å². The second-order valence-corrected chi connectivity index (χ2v) is 6.35. The Balaban J connectivity index is 1.85. The molecule has 1 amide bonds. The molecule has 6 heteroatoms. The van der Waals surface area contributed by atoms with Gasteiger partial charge in [0.15, 0.2) is 5.13 Å². The molecule has 1 fully saturated rings. The Labute approximate surface area is 134 Å². The summed E-state index contributed by atoms with van der Waals surface area (Å²) < 4.78 is 0. The van der Waals surface area contributed by atoms with Crippen LogP contribution < -0.4 is 5.73 Å². The fourth-order valence-electron chi connectivity index (χ4n) is 2.68. The van der Waals surface area contributed by atoms with Gasteiger partial charge >= 0.3 is 0 Å². The van der Waals surface area contributed by atoms with Gasteiger partial charge in [-0.05, 0) is 6.54 Å². The zero-order chi connectivity index (χ0) is 15.5. The molecule has 22 heavy (non-hydrogen) atoms. The van der Waals surface area contributed by atoms with E-state index in [4.69, 9.17) is 5.73 Å². The minimum absolute atomic E-state index is 0.0452. The van der Waals surface area contributed by atoms with E-state index in [1.807, 2.05) is 35.2 Å². The third-order valence-electron chi connectivity index (χ3n) is 3.99. The Morgan fingerprint density at radius 3 is 2.55 bits per heavy atom. The number of piperazine rings is 1. The van der Waals surface area contributed by atoms with Crippen molar-refractivity contribution in [1.82, 2.24) is 14.8 Å². The second kappa shape index (κ2) is 6.46. The number of benzene rings is 1. The van der Waals surface area contributed by atoms with Crippen LogP contribution in [0.4, 0.5) is 5.13 Å². The molecule has 0 unspecified atom stereocenters. The maximum absolute atomic E-state index is 12.8. The first-order valence-electron chi connectivity index (χ1n) is 7.52. The van der Waals surface area contributed by atoms with Gasteiger partial charge in [-0.2, -0.15) is 0 Å². The lowest BCUT2D eigenvalue weighted by molar-refractivity contribution is 0.0648. The molecule has 0 atom stereocenters. The number of carbonyl (C=O) groups excluding carboxylic acids is 1. The maximum Gasteiger partial charge on any atom is 0.266 e. The molecule has 1 aliphatic heterocycles. The molecule has 1 aliphatic rings. The van der Waals surface area contributed by atoms with Gasteiger partial charge < -0.3 is 15.5 Å². The number of hydrogen-bond donors (Lipinski definition) is 1. The minimum atomic E-state index is 0.0452. The van der Waals surface area contributed by atoms with Crippen molar-refractivity contribution in [2.45, 2.75) is 6.92 Å². The van der Waals surface area contributed by atoms with Crippen molar-refractivity contribution in [1.29, 1.82) is 0 Å². The van der Waals surface area contributed by atoms with E-state index in [1.54, 1.807) is 0 Å². The number of nitrogens with zero attached hydrogens (tertiary/aromatic N) is 3. The molecule has 2 aromatic rings. The Morgan fingerprint density at radius 2 is 1.91 bits per heavy atom. The standard InChI is InChI=1S/C16H20N4OS/c1-2-19-8-10-20(11-9-19)15(21)14-13(18-16(17)22-14)12-6-4-3-5-7-12/h3-7H,2,8-11H2,1H3,(H2,17,18). The molecular formula is C16H20N4OS. The summed E-state index contributed by atoms with van der Waals surface area (Å²) in [6.45, 7) is 6.56. The number of nitrogens with two attached hydrogens (primary N) is 1. The van der Waals surface area contributed by atoms with Crippen LogP contribution in [-0.4, -0.2) is 53.4 Å². The van der Waals surface area contributed by atoms with Gasteiger partial charge in [0.2, 0.25) is 0 Å². The topological polar surface area (TPSA) is 62.5 Å². The van der Waals surface area contributed by atoms with Gasteiger partial charge in [0, 0.05) is 31.7 Å². The lowest BCUT2D eigenvalue weighted by Crippen LogP contribution is -2.48. The molecular weight excluding hydrogens is 296 g/mol. The van der Waals surface area contributed by atoms with Gasteiger partial charge in [-0.3, -0.25) is 4.79 Å². The largest absolute Gasteiger partial charge is 0.375 e. The van der Waals surface area contributed by atoms with Crippen LogP contribution in [0.2, 0.25) is 0 Å². The lowest BCUT2D eigenvalue weighted by Gasteiger charge is -2.33. The zero-order valence-corrected chi connectivity index (χ0v) is 13.5. The van der Waals surface area contributed by atoms with Gasteiger partial charge in [0.1, 0.15) is 4.88 Å². The van der Waals surface area contributed by atoms with Crippen molar-refractivity contribution in [3.05, 3.63) is 35.2 Å². The summed E-state index contributed by atoms with van der Waals surface area (Å²) in [5, 5.41) is 0.439. The average molecular weight is 316 g/mol. The summed E-state index contributed by atoms with van der Waals surface area (Å²) in [4.78, 5) is 22.1. The van der Waals surface area contributed by atoms with Crippen LogP contribution in [0.15, 0.2) is 30.3 Å². The van der Waals surface area contributed by atoms with Crippen LogP contribution in [-0.2, 0) is 0 Å². The lowest BCUT2D eigenvalue weighted by atomic mass is 10.1. The summed E-state index contributed by atoms with van der Waals surface area (Å²) in [5.74, 6) is 0.0452. The highest BCUT2D eigenvalue weighted by molar-refractivity contribution is 7.17. The van der Waals surface area contributed by atoms with Crippen molar-refractivity contribution in [3.8, 4) is 11.3 Å². The normalized spacial score (nSPS) is 16.0. The summed E-state index contributed by atoms with van der Waals surface area (Å²) in [6, 6.07) is 9.75. The van der Waals surface area contributed by atoms with Crippen molar-refractivity contribution < 1.29 is 4.79 Å².